The Morgan fingerprint density at radius 1 is 0.966 bits per heavy atom. The number of hydrogen-bond acceptors (Lipinski definition) is 6. The molecule has 1 saturated heterocycles. The maximum Gasteiger partial charge on any atom is 0.256 e. The molecule has 1 fully saturated rings. The van der Waals surface area contributed by atoms with Gasteiger partial charge in [0.15, 0.2) is 0 Å². The van der Waals surface area contributed by atoms with E-state index >= 15 is 0 Å². The van der Waals surface area contributed by atoms with E-state index in [1.807, 2.05) is 0 Å². The molecule has 0 saturated carbocycles. The third-order valence-corrected chi connectivity index (χ3v) is 6.62. The predicted molar refractivity (Wildman–Crippen MR) is 100 cm³/mol. The topological polar surface area (TPSA) is 101 Å². The van der Waals surface area contributed by atoms with Gasteiger partial charge in [0.25, 0.3) is 5.91 Å². The van der Waals surface area contributed by atoms with Crippen LogP contribution in [0, 0.1) is 5.82 Å². The molecule has 0 radical (unpaired) electrons. The van der Waals surface area contributed by atoms with Crippen LogP contribution in [0.2, 0.25) is 0 Å². The minimum absolute atomic E-state index is 0.0303. The van der Waals surface area contributed by atoms with Crippen molar-refractivity contribution in [3.8, 4) is 5.69 Å². The first-order valence-corrected chi connectivity index (χ1v) is 10.3. The lowest BCUT2D eigenvalue weighted by atomic mass is 10.1. The Morgan fingerprint density at radius 3 is 2.31 bits per heavy atom. The monoisotopic (exact) mass is 416 g/mol. The highest BCUT2D eigenvalue weighted by Crippen LogP contribution is 2.20. The number of benzene rings is 2. The quantitative estimate of drug-likeness (QED) is 0.628. The molecule has 0 atom stereocenters. The third-order valence-electron chi connectivity index (χ3n) is 4.71. The number of para-hydroxylation sites is 1. The second kappa shape index (κ2) is 7.68. The molecule has 1 aliphatic rings. The SMILES string of the molecule is O=C(c1ccccc1-n1cnnn1)N1CCN(S(=O)(=O)c2ccc(F)cc2)CC1. The van der Waals surface area contributed by atoms with Crippen molar-refractivity contribution in [2.24, 2.45) is 0 Å². The molecule has 9 nitrogen and oxygen atoms in total. The highest BCUT2D eigenvalue weighted by molar-refractivity contribution is 7.89. The zero-order valence-electron chi connectivity index (χ0n) is 15.2. The first kappa shape index (κ1) is 19.2. The molecule has 150 valence electrons. The van der Waals surface area contributed by atoms with Gasteiger partial charge in [-0.3, -0.25) is 4.79 Å². The lowest BCUT2D eigenvalue weighted by molar-refractivity contribution is 0.0697. The van der Waals surface area contributed by atoms with Crippen LogP contribution in [0.15, 0.2) is 59.8 Å². The number of sulfonamides is 1. The highest BCUT2D eigenvalue weighted by atomic mass is 32.2. The molecule has 0 N–H and O–H groups in total. The number of tetrazole rings is 1. The Labute approximate surface area is 166 Å². The smallest absolute Gasteiger partial charge is 0.256 e. The van der Waals surface area contributed by atoms with Gasteiger partial charge in [-0.05, 0) is 46.8 Å². The van der Waals surface area contributed by atoms with Gasteiger partial charge in [0.2, 0.25) is 10.0 Å². The molecule has 4 rings (SSSR count). The molecule has 2 heterocycles. The minimum atomic E-state index is -3.74. The normalized spacial score (nSPS) is 15.4. The maximum atomic E-state index is 13.1. The Morgan fingerprint density at radius 2 is 1.66 bits per heavy atom. The second-order valence-electron chi connectivity index (χ2n) is 6.42. The number of amides is 1. The molecule has 0 aliphatic carbocycles. The summed E-state index contributed by atoms with van der Waals surface area (Å²) in [6.45, 7) is 0.781. The molecule has 11 heteroatoms. The number of rotatable bonds is 4. The summed E-state index contributed by atoms with van der Waals surface area (Å²) in [4.78, 5) is 14.6. The Bertz CT molecular complexity index is 1110. The molecule has 3 aromatic rings. The van der Waals surface area contributed by atoms with E-state index < -0.39 is 15.8 Å². The Kier molecular flexibility index (Phi) is 5.07. The third kappa shape index (κ3) is 3.74. The van der Waals surface area contributed by atoms with E-state index in [0.717, 1.165) is 12.1 Å². The van der Waals surface area contributed by atoms with E-state index in [0.29, 0.717) is 11.3 Å². The number of halogens is 1. The van der Waals surface area contributed by atoms with Crippen LogP contribution in [0.4, 0.5) is 4.39 Å². The van der Waals surface area contributed by atoms with Gasteiger partial charge in [-0.25, -0.2) is 12.8 Å². The fraction of sp³-hybridized carbons (Fsp3) is 0.222. The van der Waals surface area contributed by atoms with E-state index in [1.54, 1.807) is 29.2 Å². The molecular weight excluding hydrogens is 399 g/mol. The first-order chi connectivity index (χ1) is 14.0. The first-order valence-electron chi connectivity index (χ1n) is 8.84. The van der Waals surface area contributed by atoms with Gasteiger partial charge < -0.3 is 4.90 Å². The van der Waals surface area contributed by atoms with Crippen molar-refractivity contribution in [3.05, 3.63) is 66.2 Å². The van der Waals surface area contributed by atoms with Crippen LogP contribution in [0.3, 0.4) is 0 Å². The highest BCUT2D eigenvalue weighted by Gasteiger charge is 2.31. The van der Waals surface area contributed by atoms with Crippen LogP contribution in [0.1, 0.15) is 10.4 Å². The average molecular weight is 416 g/mol. The van der Waals surface area contributed by atoms with Gasteiger partial charge in [0, 0.05) is 26.2 Å². The summed E-state index contributed by atoms with van der Waals surface area (Å²) < 4.78 is 41.3. The van der Waals surface area contributed by atoms with Gasteiger partial charge >= 0.3 is 0 Å². The zero-order chi connectivity index (χ0) is 20.4. The summed E-state index contributed by atoms with van der Waals surface area (Å²) >= 11 is 0. The van der Waals surface area contributed by atoms with Crippen LogP contribution < -0.4 is 0 Å². The number of carbonyl (C=O) groups is 1. The number of piperazine rings is 1. The molecule has 0 unspecified atom stereocenters. The minimum Gasteiger partial charge on any atom is -0.336 e. The van der Waals surface area contributed by atoms with Crippen molar-refractivity contribution in [2.75, 3.05) is 26.2 Å². The lowest BCUT2D eigenvalue weighted by Gasteiger charge is -2.34. The van der Waals surface area contributed by atoms with Crippen molar-refractivity contribution in [2.45, 2.75) is 4.90 Å². The Balaban J connectivity index is 1.49. The molecule has 1 amide bonds. The molecule has 1 aromatic heterocycles. The molecular formula is C18H17FN6O3S. The number of aromatic nitrogens is 4. The summed E-state index contributed by atoms with van der Waals surface area (Å²) in [6.07, 6.45) is 1.40. The van der Waals surface area contributed by atoms with E-state index in [9.17, 15) is 17.6 Å². The predicted octanol–water partition coefficient (Wildman–Crippen LogP) is 0.948. The fourth-order valence-corrected chi connectivity index (χ4v) is 4.61. The van der Waals surface area contributed by atoms with Crippen molar-refractivity contribution in [3.63, 3.8) is 0 Å². The summed E-state index contributed by atoms with van der Waals surface area (Å²) in [5.41, 5.74) is 0.971. The summed E-state index contributed by atoms with van der Waals surface area (Å²) in [5.74, 6) is -0.726. The maximum absolute atomic E-state index is 13.1. The van der Waals surface area contributed by atoms with Crippen LogP contribution in [-0.4, -0.2) is 69.9 Å². The fourth-order valence-electron chi connectivity index (χ4n) is 3.18. The molecule has 1 aliphatic heterocycles. The van der Waals surface area contributed by atoms with E-state index in [-0.39, 0.29) is 37.0 Å². The van der Waals surface area contributed by atoms with Gasteiger partial charge in [0.05, 0.1) is 16.1 Å². The Hall–Kier alpha value is -3.18. The standard InChI is InChI=1S/C18H17FN6O3S/c19-14-5-7-15(8-6-14)29(27,28)24-11-9-23(10-12-24)18(26)16-3-1-2-4-17(16)25-13-20-21-22-25/h1-8,13H,9-12H2. The van der Waals surface area contributed by atoms with E-state index in [4.69, 9.17) is 0 Å². The second-order valence-corrected chi connectivity index (χ2v) is 8.36. The summed E-state index contributed by atoms with van der Waals surface area (Å²) in [7, 11) is -3.74. The van der Waals surface area contributed by atoms with Gasteiger partial charge in [-0.2, -0.15) is 8.99 Å². The molecule has 0 bridgehead atoms. The zero-order valence-corrected chi connectivity index (χ0v) is 16.0. The van der Waals surface area contributed by atoms with Crippen molar-refractivity contribution < 1.29 is 17.6 Å². The van der Waals surface area contributed by atoms with E-state index in [2.05, 4.69) is 15.5 Å². The van der Waals surface area contributed by atoms with Crippen molar-refractivity contribution in [1.29, 1.82) is 0 Å². The van der Waals surface area contributed by atoms with Gasteiger partial charge in [0.1, 0.15) is 12.1 Å². The van der Waals surface area contributed by atoms with E-state index in [1.165, 1.54) is 27.4 Å². The van der Waals surface area contributed by atoms with Gasteiger partial charge in [-0.1, -0.05) is 12.1 Å². The molecule has 2 aromatic carbocycles. The lowest BCUT2D eigenvalue weighted by Crippen LogP contribution is -2.50. The van der Waals surface area contributed by atoms with Crippen LogP contribution in [-0.2, 0) is 10.0 Å². The average Bonchev–Trinajstić information content (AvgIpc) is 3.28. The number of carbonyl (C=O) groups excluding carboxylic acids is 1. The molecule has 29 heavy (non-hydrogen) atoms. The number of nitrogens with zero attached hydrogens (tertiary/aromatic N) is 6. The largest absolute Gasteiger partial charge is 0.336 e. The van der Waals surface area contributed by atoms with Crippen molar-refractivity contribution >= 4 is 15.9 Å². The van der Waals surface area contributed by atoms with Crippen LogP contribution in [0.25, 0.3) is 5.69 Å². The number of hydrogen-bond donors (Lipinski definition) is 0. The van der Waals surface area contributed by atoms with Crippen LogP contribution in [0.5, 0.6) is 0 Å². The van der Waals surface area contributed by atoms with Gasteiger partial charge in [-0.15, -0.1) is 5.10 Å². The summed E-state index contributed by atoms with van der Waals surface area (Å²) in [5, 5.41) is 11.0. The van der Waals surface area contributed by atoms with Crippen molar-refractivity contribution in [1.82, 2.24) is 29.4 Å². The van der Waals surface area contributed by atoms with Crippen LogP contribution >= 0.6 is 0 Å². The molecule has 0 spiro atoms. The summed E-state index contributed by atoms with van der Waals surface area (Å²) in [6, 6.07) is 11.7.